The van der Waals surface area contributed by atoms with Gasteiger partial charge in [-0.2, -0.15) is 0 Å². The van der Waals surface area contributed by atoms with Crippen molar-refractivity contribution in [3.63, 3.8) is 0 Å². The molecule has 106 valence electrons. The second-order valence-electron chi connectivity index (χ2n) is 4.33. The molecule has 0 atom stereocenters. The molecule has 0 unspecified atom stereocenters. The second kappa shape index (κ2) is 5.97. The Bertz CT molecular complexity index is 726. The lowest BCUT2D eigenvalue weighted by atomic mass is 10.2. The molecule has 0 saturated heterocycles. The smallest absolute Gasteiger partial charge is 0.305 e. The molecule has 0 spiro atoms. The molecular formula is C15H11BrN2O3. The number of hydrogen-bond donors (Lipinski definition) is 0. The van der Waals surface area contributed by atoms with Gasteiger partial charge in [-0.1, -0.05) is 30.3 Å². The molecule has 0 saturated carbocycles. The normalized spacial score (nSPS) is 10.5. The van der Waals surface area contributed by atoms with Gasteiger partial charge in [0.25, 0.3) is 0 Å². The molecule has 2 aromatic carbocycles. The summed E-state index contributed by atoms with van der Waals surface area (Å²) >= 11 is 3.13. The molecule has 0 bridgehead atoms. The van der Waals surface area contributed by atoms with Crippen molar-refractivity contribution in [1.29, 1.82) is 0 Å². The maximum absolute atomic E-state index is 11.2. The molecule has 3 aromatic rings. The van der Waals surface area contributed by atoms with E-state index in [2.05, 4.69) is 25.7 Å². The van der Waals surface area contributed by atoms with Gasteiger partial charge in [-0.25, -0.2) is 0 Å². The summed E-state index contributed by atoms with van der Waals surface area (Å²) in [6, 6.07) is 17.2. The van der Waals surface area contributed by atoms with Gasteiger partial charge < -0.3 is 14.4 Å². The molecule has 6 heteroatoms. The number of ether oxygens (including phenoxy) is 1. The maximum Gasteiger partial charge on any atom is 0.305 e. The average Bonchev–Trinajstić information content (AvgIpc) is 2.87. The van der Waals surface area contributed by atoms with E-state index in [1.165, 1.54) is 4.68 Å². The Morgan fingerprint density at radius 1 is 1.10 bits per heavy atom. The first kappa shape index (κ1) is 13.6. The van der Waals surface area contributed by atoms with Crippen molar-refractivity contribution in [3.05, 3.63) is 64.8 Å². The average molecular weight is 347 g/mol. The third kappa shape index (κ3) is 3.05. The molecule has 1 heterocycles. The quantitative estimate of drug-likeness (QED) is 0.680. The van der Waals surface area contributed by atoms with Gasteiger partial charge in [0.05, 0.1) is 5.27 Å². The van der Waals surface area contributed by atoms with Crippen LogP contribution in [0, 0.1) is 0 Å². The van der Waals surface area contributed by atoms with Crippen molar-refractivity contribution < 1.29 is 19.0 Å². The van der Waals surface area contributed by atoms with E-state index in [0.717, 1.165) is 11.3 Å². The van der Waals surface area contributed by atoms with E-state index < -0.39 is 5.95 Å². The summed E-state index contributed by atoms with van der Waals surface area (Å²) in [4.78, 5) is 0. The minimum absolute atomic E-state index is 0.250. The largest absolute Gasteiger partial charge is 0.538 e. The summed E-state index contributed by atoms with van der Waals surface area (Å²) < 4.78 is 11.9. The molecule has 0 N–H and O–H groups in total. The van der Waals surface area contributed by atoms with Gasteiger partial charge in [-0.15, -0.1) is 0 Å². The zero-order chi connectivity index (χ0) is 14.7. The lowest BCUT2D eigenvalue weighted by Crippen LogP contribution is -2.33. The van der Waals surface area contributed by atoms with E-state index in [1.807, 2.05) is 42.5 Å². The third-order valence-electron chi connectivity index (χ3n) is 2.89. The number of aromatic nitrogens is 2. The van der Waals surface area contributed by atoms with Crippen LogP contribution < -0.4 is 14.5 Å². The summed E-state index contributed by atoms with van der Waals surface area (Å²) in [5, 5.41) is 14.9. The molecule has 5 nitrogen and oxygen atoms in total. The number of nitrogens with zero attached hydrogens (tertiary/aromatic N) is 2. The Morgan fingerprint density at radius 2 is 1.81 bits per heavy atom. The SMILES string of the molecule is [O-]c1on[n+](-c2ccc(OCc3ccccc3)cc2)c1Br. The molecule has 1 aromatic heterocycles. The van der Waals surface area contributed by atoms with Gasteiger partial charge in [-0.3, -0.25) is 0 Å². The molecule has 0 amide bonds. The molecule has 0 aliphatic rings. The zero-order valence-electron chi connectivity index (χ0n) is 10.9. The molecule has 0 aliphatic carbocycles. The number of rotatable bonds is 4. The highest BCUT2D eigenvalue weighted by atomic mass is 79.9. The fourth-order valence-electron chi connectivity index (χ4n) is 1.82. The van der Waals surface area contributed by atoms with E-state index in [0.29, 0.717) is 12.3 Å². The predicted octanol–water partition coefficient (Wildman–Crippen LogP) is 2.37. The Kier molecular flexibility index (Phi) is 3.87. The van der Waals surface area contributed by atoms with Crippen LogP contribution in [0.5, 0.6) is 11.7 Å². The molecular weight excluding hydrogens is 336 g/mol. The minimum atomic E-state index is -0.514. The van der Waals surface area contributed by atoms with Crippen molar-refractivity contribution in [2.24, 2.45) is 0 Å². The first-order chi connectivity index (χ1) is 10.2. The molecule has 0 fully saturated rings. The maximum atomic E-state index is 11.2. The van der Waals surface area contributed by atoms with E-state index in [-0.39, 0.29) is 4.60 Å². The Labute approximate surface area is 129 Å². The molecule has 0 radical (unpaired) electrons. The van der Waals surface area contributed by atoms with Gasteiger partial charge in [0.15, 0.2) is 5.95 Å². The fraction of sp³-hybridized carbons (Fsp3) is 0.0667. The minimum Gasteiger partial charge on any atom is -0.538 e. The van der Waals surface area contributed by atoms with Crippen molar-refractivity contribution in [2.75, 3.05) is 0 Å². The third-order valence-corrected chi connectivity index (χ3v) is 3.55. The first-order valence-corrected chi connectivity index (χ1v) is 7.05. The number of hydrogen-bond acceptors (Lipinski definition) is 4. The molecule has 0 aliphatic heterocycles. The Hall–Kier alpha value is -2.34. The van der Waals surface area contributed by atoms with E-state index in [1.54, 1.807) is 12.1 Å². The van der Waals surface area contributed by atoms with Crippen LogP contribution in [0.2, 0.25) is 0 Å². The monoisotopic (exact) mass is 346 g/mol. The Balaban J connectivity index is 1.71. The van der Waals surface area contributed by atoms with Crippen molar-refractivity contribution in [3.8, 4) is 17.4 Å². The summed E-state index contributed by atoms with van der Waals surface area (Å²) in [7, 11) is 0. The van der Waals surface area contributed by atoms with Crippen LogP contribution in [0.3, 0.4) is 0 Å². The van der Waals surface area contributed by atoms with Gasteiger partial charge in [0.2, 0.25) is 5.69 Å². The highest BCUT2D eigenvalue weighted by molar-refractivity contribution is 9.10. The van der Waals surface area contributed by atoms with Crippen LogP contribution in [0.1, 0.15) is 5.56 Å². The summed E-state index contributed by atoms with van der Waals surface area (Å²) in [5.74, 6) is 0.226. The standard InChI is InChI=1S/C15H11BrN2O3/c16-14-15(19)21-17-18(14)12-6-8-13(9-7-12)20-10-11-4-2-1-3-5-11/h1-9H,10H2. The highest BCUT2D eigenvalue weighted by Gasteiger charge is 2.17. The lowest BCUT2D eigenvalue weighted by molar-refractivity contribution is -0.680. The van der Waals surface area contributed by atoms with Crippen LogP contribution in [-0.4, -0.2) is 5.27 Å². The van der Waals surface area contributed by atoms with Crippen molar-refractivity contribution in [2.45, 2.75) is 6.61 Å². The summed E-state index contributed by atoms with van der Waals surface area (Å²) in [5.41, 5.74) is 1.81. The molecule has 3 rings (SSSR count). The topological polar surface area (TPSA) is 62.2 Å². The second-order valence-corrected chi connectivity index (χ2v) is 5.08. The predicted molar refractivity (Wildman–Crippen MR) is 76.0 cm³/mol. The van der Waals surface area contributed by atoms with Crippen LogP contribution in [0.4, 0.5) is 0 Å². The first-order valence-electron chi connectivity index (χ1n) is 6.26. The van der Waals surface area contributed by atoms with Crippen LogP contribution in [0.25, 0.3) is 5.69 Å². The van der Waals surface area contributed by atoms with E-state index in [9.17, 15) is 5.11 Å². The van der Waals surface area contributed by atoms with Crippen LogP contribution >= 0.6 is 15.9 Å². The lowest BCUT2D eigenvalue weighted by Gasteiger charge is -2.05. The van der Waals surface area contributed by atoms with Gasteiger partial charge in [0, 0.05) is 28.1 Å². The van der Waals surface area contributed by atoms with Crippen LogP contribution in [0.15, 0.2) is 63.7 Å². The Morgan fingerprint density at radius 3 is 2.43 bits per heavy atom. The number of benzene rings is 2. The zero-order valence-corrected chi connectivity index (χ0v) is 12.5. The van der Waals surface area contributed by atoms with Gasteiger partial charge in [0.1, 0.15) is 12.4 Å². The van der Waals surface area contributed by atoms with Gasteiger partial charge in [-0.05, 0) is 22.4 Å². The fourth-order valence-corrected chi connectivity index (χ4v) is 2.16. The van der Waals surface area contributed by atoms with Gasteiger partial charge >= 0.3 is 4.60 Å². The highest BCUT2D eigenvalue weighted by Crippen LogP contribution is 2.18. The van der Waals surface area contributed by atoms with E-state index in [4.69, 9.17) is 4.74 Å². The van der Waals surface area contributed by atoms with E-state index >= 15 is 0 Å². The van der Waals surface area contributed by atoms with Crippen molar-refractivity contribution in [1.82, 2.24) is 5.27 Å². The van der Waals surface area contributed by atoms with Crippen molar-refractivity contribution >= 4 is 15.9 Å². The summed E-state index contributed by atoms with van der Waals surface area (Å²) in [6.45, 7) is 0.506. The summed E-state index contributed by atoms with van der Waals surface area (Å²) in [6.07, 6.45) is 0. The van der Waals surface area contributed by atoms with Crippen LogP contribution in [-0.2, 0) is 6.61 Å². The number of halogens is 1. The molecule has 21 heavy (non-hydrogen) atoms.